The minimum absolute atomic E-state index is 0.0251. The van der Waals surface area contributed by atoms with Crippen molar-refractivity contribution in [2.24, 2.45) is 0 Å². The Balaban J connectivity index is 1.47. The van der Waals surface area contributed by atoms with Crippen molar-refractivity contribution in [3.05, 3.63) is 71.4 Å². The molecule has 0 spiro atoms. The number of benzene rings is 2. The average Bonchev–Trinajstić information content (AvgIpc) is 3.29. The summed E-state index contributed by atoms with van der Waals surface area (Å²) in [5.74, 6) is -0.0251. The molecule has 192 valence electrons. The summed E-state index contributed by atoms with van der Waals surface area (Å²) in [5, 5.41) is 4.38. The van der Waals surface area contributed by atoms with Gasteiger partial charge in [0.25, 0.3) is 0 Å². The maximum atomic E-state index is 13.6. The molecular weight excluding hydrogens is 448 g/mol. The number of aromatic amines is 1. The van der Waals surface area contributed by atoms with Gasteiger partial charge in [0, 0.05) is 42.3 Å². The van der Waals surface area contributed by atoms with E-state index in [1.165, 1.54) is 22.9 Å². The Morgan fingerprint density at radius 3 is 2.47 bits per heavy atom. The fourth-order valence-electron chi connectivity index (χ4n) is 5.04. The summed E-state index contributed by atoms with van der Waals surface area (Å²) in [7, 11) is 0. The van der Waals surface area contributed by atoms with E-state index in [9.17, 15) is 9.59 Å². The van der Waals surface area contributed by atoms with Crippen molar-refractivity contribution in [3.63, 3.8) is 0 Å². The van der Waals surface area contributed by atoms with E-state index in [1.807, 2.05) is 37.1 Å². The highest BCUT2D eigenvalue weighted by molar-refractivity contribution is 5.85. The summed E-state index contributed by atoms with van der Waals surface area (Å²) in [6.45, 7) is 7.21. The number of amides is 3. The van der Waals surface area contributed by atoms with Gasteiger partial charge in [-0.1, -0.05) is 67.3 Å². The highest BCUT2D eigenvalue weighted by atomic mass is 16.2. The first-order valence-corrected chi connectivity index (χ1v) is 13.4. The number of nitrogens with zero attached hydrogens (tertiary/aromatic N) is 2. The molecule has 2 N–H and O–H groups in total. The topological polar surface area (TPSA) is 68.4 Å². The first-order chi connectivity index (χ1) is 17.4. The van der Waals surface area contributed by atoms with E-state index in [4.69, 9.17) is 0 Å². The van der Waals surface area contributed by atoms with Crippen LogP contribution in [0.4, 0.5) is 4.79 Å². The van der Waals surface area contributed by atoms with Crippen LogP contribution in [0.2, 0.25) is 0 Å². The third kappa shape index (κ3) is 6.68. The number of H-pyrrole nitrogens is 1. The quantitative estimate of drug-likeness (QED) is 0.400. The lowest BCUT2D eigenvalue weighted by Crippen LogP contribution is -2.52. The third-order valence-corrected chi connectivity index (χ3v) is 7.30. The number of aromatic nitrogens is 1. The van der Waals surface area contributed by atoms with Gasteiger partial charge in [-0.2, -0.15) is 0 Å². The summed E-state index contributed by atoms with van der Waals surface area (Å²) in [6.07, 6.45) is 8.39. The van der Waals surface area contributed by atoms with Crippen molar-refractivity contribution < 1.29 is 9.59 Å². The molecule has 1 aliphatic carbocycles. The molecule has 36 heavy (non-hydrogen) atoms. The van der Waals surface area contributed by atoms with Gasteiger partial charge in [0.05, 0.1) is 0 Å². The number of para-hydroxylation sites is 1. The van der Waals surface area contributed by atoms with E-state index >= 15 is 0 Å². The molecule has 6 heteroatoms. The van der Waals surface area contributed by atoms with Crippen LogP contribution in [-0.4, -0.2) is 51.9 Å². The molecule has 1 fully saturated rings. The molecular formula is C30H40N4O2. The van der Waals surface area contributed by atoms with Crippen LogP contribution >= 0.6 is 0 Å². The number of aryl methyl sites for hydroxylation is 1. The Labute approximate surface area is 215 Å². The summed E-state index contributed by atoms with van der Waals surface area (Å²) < 4.78 is 0. The molecule has 0 bridgehead atoms. The first-order valence-electron chi connectivity index (χ1n) is 13.4. The minimum atomic E-state index is -0.128. The first kappa shape index (κ1) is 25.8. The van der Waals surface area contributed by atoms with E-state index in [0.717, 1.165) is 43.2 Å². The normalized spacial score (nSPS) is 14.2. The van der Waals surface area contributed by atoms with Crippen LogP contribution in [-0.2, 0) is 17.8 Å². The molecule has 1 aromatic heterocycles. The van der Waals surface area contributed by atoms with Crippen LogP contribution in [0.5, 0.6) is 0 Å². The molecule has 6 nitrogen and oxygen atoms in total. The van der Waals surface area contributed by atoms with Gasteiger partial charge in [-0.05, 0) is 57.2 Å². The number of carbonyl (C=O) groups is 2. The molecule has 0 radical (unpaired) electrons. The lowest BCUT2D eigenvalue weighted by Gasteiger charge is -2.32. The number of hydrogen-bond donors (Lipinski definition) is 2. The van der Waals surface area contributed by atoms with Crippen LogP contribution in [0.15, 0.2) is 54.7 Å². The average molecular weight is 489 g/mol. The molecule has 0 atom stereocenters. The van der Waals surface area contributed by atoms with E-state index in [2.05, 4.69) is 53.6 Å². The highest BCUT2D eigenvalue weighted by Gasteiger charge is 2.26. The van der Waals surface area contributed by atoms with Gasteiger partial charge in [-0.25, -0.2) is 4.79 Å². The molecule has 0 saturated heterocycles. The van der Waals surface area contributed by atoms with E-state index in [0.29, 0.717) is 13.1 Å². The van der Waals surface area contributed by atoms with Crippen molar-refractivity contribution in [1.82, 2.24) is 20.1 Å². The maximum absolute atomic E-state index is 13.6. The summed E-state index contributed by atoms with van der Waals surface area (Å²) in [6, 6.07) is 16.6. The molecule has 1 aliphatic rings. The van der Waals surface area contributed by atoms with Crippen LogP contribution in [0.3, 0.4) is 0 Å². The SMILES string of the molecule is Cc1ccc(CN(CCc2c[nH]c3ccccc23)C(=O)CN(C(=O)NC2CCCCC2)C(C)C)cc1. The molecule has 3 amide bonds. The van der Waals surface area contributed by atoms with Crippen molar-refractivity contribution in [2.45, 2.75) is 77.9 Å². The molecule has 4 rings (SSSR count). The number of rotatable bonds is 9. The zero-order valence-corrected chi connectivity index (χ0v) is 21.9. The standard InChI is InChI=1S/C30H40N4O2/c1-22(2)34(30(36)32-26-9-5-4-6-10-26)21-29(35)33(20-24-15-13-23(3)14-16-24)18-17-25-19-31-28-12-8-7-11-27(25)28/h7-8,11-16,19,22,26,31H,4-6,9-10,17-18,20-21H2,1-3H3,(H,32,36). The van der Waals surface area contributed by atoms with Gasteiger partial charge in [-0.3, -0.25) is 4.79 Å². The zero-order chi connectivity index (χ0) is 25.5. The summed E-state index contributed by atoms with van der Waals surface area (Å²) in [5.41, 5.74) is 4.59. The van der Waals surface area contributed by atoms with E-state index < -0.39 is 0 Å². The van der Waals surface area contributed by atoms with Crippen molar-refractivity contribution in [2.75, 3.05) is 13.1 Å². The molecule has 3 aromatic rings. The zero-order valence-electron chi connectivity index (χ0n) is 21.9. The summed E-state index contributed by atoms with van der Waals surface area (Å²) >= 11 is 0. The number of carbonyl (C=O) groups excluding carboxylic acids is 2. The molecule has 1 saturated carbocycles. The van der Waals surface area contributed by atoms with E-state index in [-0.39, 0.29) is 30.6 Å². The van der Waals surface area contributed by atoms with Gasteiger partial charge in [0.1, 0.15) is 6.54 Å². The molecule has 1 heterocycles. The van der Waals surface area contributed by atoms with Crippen LogP contribution < -0.4 is 5.32 Å². The lowest BCUT2D eigenvalue weighted by molar-refractivity contribution is -0.132. The second-order valence-corrected chi connectivity index (χ2v) is 10.4. The number of hydrogen-bond acceptors (Lipinski definition) is 2. The summed E-state index contributed by atoms with van der Waals surface area (Å²) in [4.78, 5) is 33.7. The predicted molar refractivity (Wildman–Crippen MR) is 146 cm³/mol. The number of nitrogens with one attached hydrogen (secondary N) is 2. The monoisotopic (exact) mass is 488 g/mol. The molecule has 2 aromatic carbocycles. The Morgan fingerprint density at radius 2 is 1.75 bits per heavy atom. The Bertz CT molecular complexity index is 1150. The fourth-order valence-corrected chi connectivity index (χ4v) is 5.04. The van der Waals surface area contributed by atoms with Crippen molar-refractivity contribution in [3.8, 4) is 0 Å². The Hall–Kier alpha value is -3.28. The van der Waals surface area contributed by atoms with Gasteiger partial charge < -0.3 is 20.1 Å². The highest BCUT2D eigenvalue weighted by Crippen LogP contribution is 2.20. The number of fused-ring (bicyclic) bond motifs is 1. The third-order valence-electron chi connectivity index (χ3n) is 7.30. The maximum Gasteiger partial charge on any atom is 0.318 e. The van der Waals surface area contributed by atoms with Gasteiger partial charge >= 0.3 is 6.03 Å². The largest absolute Gasteiger partial charge is 0.361 e. The van der Waals surface area contributed by atoms with E-state index in [1.54, 1.807) is 4.90 Å². The van der Waals surface area contributed by atoms with Crippen LogP contribution in [0, 0.1) is 6.92 Å². The lowest BCUT2D eigenvalue weighted by atomic mass is 9.96. The van der Waals surface area contributed by atoms with Crippen LogP contribution in [0.25, 0.3) is 10.9 Å². The van der Waals surface area contributed by atoms with Crippen molar-refractivity contribution in [1.29, 1.82) is 0 Å². The van der Waals surface area contributed by atoms with Gasteiger partial charge in [0.2, 0.25) is 5.91 Å². The predicted octanol–water partition coefficient (Wildman–Crippen LogP) is 5.80. The number of urea groups is 1. The van der Waals surface area contributed by atoms with Crippen molar-refractivity contribution >= 4 is 22.8 Å². The molecule has 0 unspecified atom stereocenters. The van der Waals surface area contributed by atoms with Gasteiger partial charge in [0.15, 0.2) is 0 Å². The minimum Gasteiger partial charge on any atom is -0.361 e. The Kier molecular flexibility index (Phi) is 8.68. The van der Waals surface area contributed by atoms with Gasteiger partial charge in [-0.15, -0.1) is 0 Å². The van der Waals surface area contributed by atoms with Crippen LogP contribution in [0.1, 0.15) is 62.6 Å². The fraction of sp³-hybridized carbons (Fsp3) is 0.467. The smallest absolute Gasteiger partial charge is 0.318 e. The second kappa shape index (κ2) is 12.1. The Morgan fingerprint density at radius 1 is 1.03 bits per heavy atom. The second-order valence-electron chi connectivity index (χ2n) is 10.4. The molecule has 0 aliphatic heterocycles.